The van der Waals surface area contributed by atoms with Crippen molar-refractivity contribution in [2.24, 2.45) is 10.2 Å². The Morgan fingerprint density at radius 3 is 2.68 bits per heavy atom. The predicted octanol–water partition coefficient (Wildman–Crippen LogP) is 2.83. The number of carbonyl (C=O) groups excluding carboxylic acids is 1. The number of hydrogen-bond donors (Lipinski definition) is 1. The van der Waals surface area contributed by atoms with Gasteiger partial charge >= 0.3 is 0 Å². The Morgan fingerprint density at radius 1 is 1.25 bits per heavy atom. The van der Waals surface area contributed by atoms with Crippen molar-refractivity contribution >= 4 is 40.4 Å². The average molecular weight is 397 g/mol. The van der Waals surface area contributed by atoms with Gasteiger partial charge < -0.3 is 10.2 Å². The molecule has 2 aromatic carbocycles. The Hall–Kier alpha value is -3.20. The summed E-state index contributed by atoms with van der Waals surface area (Å²) in [5.74, 6) is -0.180. The number of nitrogens with zero attached hydrogens (tertiary/aromatic N) is 4. The van der Waals surface area contributed by atoms with Crippen LogP contribution in [0.3, 0.4) is 0 Å². The van der Waals surface area contributed by atoms with Crippen LogP contribution in [0, 0.1) is 10.1 Å². The summed E-state index contributed by atoms with van der Waals surface area (Å²) in [5, 5.41) is 21.7. The molecule has 1 aliphatic rings. The van der Waals surface area contributed by atoms with E-state index >= 15 is 0 Å². The smallest absolute Gasteiger partial charge is 0.269 e. The molecule has 144 valence electrons. The number of nitro benzene ring substituents is 1. The van der Waals surface area contributed by atoms with Crippen molar-refractivity contribution in [3.05, 3.63) is 69.8 Å². The van der Waals surface area contributed by atoms with Crippen molar-refractivity contribution < 1.29 is 9.72 Å². The normalized spacial score (nSPS) is 17.9. The highest BCUT2D eigenvalue weighted by Crippen LogP contribution is 2.25. The summed E-state index contributed by atoms with van der Waals surface area (Å²) >= 11 is 1.27. The fourth-order valence-electron chi connectivity index (χ4n) is 2.60. The lowest BCUT2D eigenvalue weighted by Crippen LogP contribution is -2.25. The lowest BCUT2D eigenvalue weighted by molar-refractivity contribution is -0.384. The molecule has 1 fully saturated rings. The maximum atomic E-state index is 12.1. The van der Waals surface area contributed by atoms with Gasteiger partial charge in [0.1, 0.15) is 0 Å². The standard InChI is InChI=1S/C19H19N5O3S/c1-23(2)15-8-6-13(7-9-15)12-20-22-19-21-18(25)17(28-19)11-14-4-3-5-16(10-14)24(26)27/h3-10,12,17H,11H2,1-2H3,(H,21,22,25)/b20-12+/t17-/m0/s1. The molecule has 1 N–H and O–H groups in total. The summed E-state index contributed by atoms with van der Waals surface area (Å²) in [6, 6.07) is 14.1. The zero-order chi connectivity index (χ0) is 20.1. The van der Waals surface area contributed by atoms with Gasteiger partial charge in [0.25, 0.3) is 5.69 Å². The summed E-state index contributed by atoms with van der Waals surface area (Å²) in [6.07, 6.45) is 2.00. The summed E-state index contributed by atoms with van der Waals surface area (Å²) < 4.78 is 0. The van der Waals surface area contributed by atoms with E-state index in [1.165, 1.54) is 23.9 Å². The second-order valence-electron chi connectivity index (χ2n) is 6.36. The lowest BCUT2D eigenvalue weighted by Gasteiger charge is -2.11. The maximum Gasteiger partial charge on any atom is 0.269 e. The Labute approximate surface area is 166 Å². The van der Waals surface area contributed by atoms with Crippen LogP contribution in [0.5, 0.6) is 0 Å². The fraction of sp³-hybridized carbons (Fsp3) is 0.211. The molecule has 0 spiro atoms. The zero-order valence-corrected chi connectivity index (χ0v) is 16.2. The number of nitrogens with one attached hydrogen (secondary N) is 1. The number of thioether (sulfide) groups is 1. The monoisotopic (exact) mass is 397 g/mol. The van der Waals surface area contributed by atoms with Crippen LogP contribution >= 0.6 is 11.8 Å². The zero-order valence-electron chi connectivity index (χ0n) is 15.4. The molecule has 0 radical (unpaired) electrons. The SMILES string of the molecule is CN(C)c1ccc(/C=N/N=C2\NC(=O)[C@H](Cc3cccc([N+](=O)[O-])c3)S2)cc1. The Balaban J connectivity index is 1.62. The van der Waals surface area contributed by atoms with E-state index in [2.05, 4.69) is 15.5 Å². The molecular weight excluding hydrogens is 378 g/mol. The van der Waals surface area contributed by atoms with Gasteiger partial charge in [-0.05, 0) is 29.7 Å². The van der Waals surface area contributed by atoms with E-state index in [4.69, 9.17) is 0 Å². The fourth-order valence-corrected chi connectivity index (χ4v) is 3.57. The molecule has 8 nitrogen and oxygen atoms in total. The second kappa shape index (κ2) is 8.66. The number of benzene rings is 2. The van der Waals surface area contributed by atoms with E-state index in [1.807, 2.05) is 43.3 Å². The van der Waals surface area contributed by atoms with Crippen LogP contribution in [0.2, 0.25) is 0 Å². The summed E-state index contributed by atoms with van der Waals surface area (Å²) in [6.45, 7) is 0. The van der Waals surface area contributed by atoms with Crippen LogP contribution in [0.25, 0.3) is 0 Å². The van der Waals surface area contributed by atoms with Crippen molar-refractivity contribution in [1.82, 2.24) is 5.32 Å². The van der Waals surface area contributed by atoms with Gasteiger partial charge in [0, 0.05) is 31.9 Å². The number of non-ortho nitro benzene ring substituents is 1. The van der Waals surface area contributed by atoms with Crippen molar-refractivity contribution in [1.29, 1.82) is 0 Å². The Kier molecular flexibility index (Phi) is 6.05. The molecule has 1 heterocycles. The predicted molar refractivity (Wildman–Crippen MR) is 112 cm³/mol. The molecule has 1 saturated heterocycles. The molecule has 0 aliphatic carbocycles. The topological polar surface area (TPSA) is 100 Å². The van der Waals surface area contributed by atoms with E-state index in [0.717, 1.165) is 16.8 Å². The van der Waals surface area contributed by atoms with E-state index < -0.39 is 10.2 Å². The first-order chi connectivity index (χ1) is 13.4. The number of hydrogen-bond acceptors (Lipinski definition) is 7. The molecule has 1 aliphatic heterocycles. The van der Waals surface area contributed by atoms with Crippen molar-refractivity contribution in [2.45, 2.75) is 11.7 Å². The third-order valence-corrected chi connectivity index (χ3v) is 5.16. The van der Waals surface area contributed by atoms with Crippen LogP contribution in [0.15, 0.2) is 58.7 Å². The minimum absolute atomic E-state index is 0.0136. The number of anilines is 1. The number of nitro groups is 1. The van der Waals surface area contributed by atoms with Gasteiger partial charge in [-0.15, -0.1) is 5.10 Å². The molecule has 0 aromatic heterocycles. The Morgan fingerprint density at radius 2 is 2.00 bits per heavy atom. The van der Waals surface area contributed by atoms with Gasteiger partial charge in [0.15, 0.2) is 5.17 Å². The van der Waals surface area contributed by atoms with Gasteiger partial charge in [0.2, 0.25) is 5.91 Å². The molecule has 28 heavy (non-hydrogen) atoms. The van der Waals surface area contributed by atoms with Gasteiger partial charge in [-0.2, -0.15) is 5.10 Å². The molecule has 1 amide bonds. The largest absolute Gasteiger partial charge is 0.378 e. The first kappa shape index (κ1) is 19.6. The molecule has 3 rings (SSSR count). The minimum Gasteiger partial charge on any atom is -0.378 e. The van der Waals surface area contributed by atoms with Crippen molar-refractivity contribution in [3.8, 4) is 0 Å². The second-order valence-corrected chi connectivity index (χ2v) is 7.55. The van der Waals surface area contributed by atoms with E-state index in [1.54, 1.807) is 18.3 Å². The van der Waals surface area contributed by atoms with Gasteiger partial charge in [-0.1, -0.05) is 36.0 Å². The van der Waals surface area contributed by atoms with E-state index in [0.29, 0.717) is 11.6 Å². The highest BCUT2D eigenvalue weighted by atomic mass is 32.2. The number of rotatable bonds is 6. The molecule has 0 unspecified atom stereocenters. The Bertz CT molecular complexity index is 941. The average Bonchev–Trinajstić information content (AvgIpc) is 3.01. The molecule has 2 aromatic rings. The van der Waals surface area contributed by atoms with E-state index in [9.17, 15) is 14.9 Å². The van der Waals surface area contributed by atoms with Crippen molar-refractivity contribution in [3.63, 3.8) is 0 Å². The first-order valence-corrected chi connectivity index (χ1v) is 9.39. The number of amides is 1. The lowest BCUT2D eigenvalue weighted by atomic mass is 10.1. The van der Waals surface area contributed by atoms with Crippen LogP contribution in [-0.4, -0.2) is 41.6 Å². The summed E-state index contributed by atoms with van der Waals surface area (Å²) in [5.41, 5.74) is 2.73. The van der Waals surface area contributed by atoms with Gasteiger partial charge in [-0.25, -0.2) is 0 Å². The van der Waals surface area contributed by atoms with Gasteiger partial charge in [0.05, 0.1) is 16.4 Å². The van der Waals surface area contributed by atoms with Crippen LogP contribution < -0.4 is 10.2 Å². The summed E-state index contributed by atoms with van der Waals surface area (Å²) in [7, 11) is 3.94. The molecule has 9 heteroatoms. The van der Waals surface area contributed by atoms with Crippen LogP contribution in [-0.2, 0) is 11.2 Å². The molecular formula is C19H19N5O3S. The van der Waals surface area contributed by atoms with Crippen LogP contribution in [0.4, 0.5) is 11.4 Å². The minimum atomic E-state index is -0.446. The molecule has 0 saturated carbocycles. The third-order valence-electron chi connectivity index (χ3n) is 4.08. The van der Waals surface area contributed by atoms with Gasteiger partial charge in [-0.3, -0.25) is 14.9 Å². The third kappa shape index (κ3) is 4.95. The molecule has 1 atom stereocenters. The summed E-state index contributed by atoms with van der Waals surface area (Å²) in [4.78, 5) is 24.6. The molecule has 0 bridgehead atoms. The number of amidine groups is 1. The highest BCUT2D eigenvalue weighted by molar-refractivity contribution is 8.15. The van der Waals surface area contributed by atoms with Crippen LogP contribution in [0.1, 0.15) is 11.1 Å². The van der Waals surface area contributed by atoms with Crippen molar-refractivity contribution in [2.75, 3.05) is 19.0 Å². The maximum absolute atomic E-state index is 12.1. The number of carbonyl (C=O) groups is 1. The first-order valence-electron chi connectivity index (χ1n) is 8.51. The highest BCUT2D eigenvalue weighted by Gasteiger charge is 2.30. The van der Waals surface area contributed by atoms with E-state index in [-0.39, 0.29) is 11.6 Å². The quantitative estimate of drug-likeness (QED) is 0.459.